The predicted molar refractivity (Wildman–Crippen MR) is 75.0 cm³/mol. The number of hydrogen-bond donors (Lipinski definition) is 0. The summed E-state index contributed by atoms with van der Waals surface area (Å²) in [6, 6.07) is 3.88. The number of ketones is 1. The van der Waals surface area contributed by atoms with Gasteiger partial charge in [0.15, 0.2) is 5.78 Å². The number of nitrogens with zero attached hydrogens (tertiary/aromatic N) is 1. The molecule has 2 aliphatic heterocycles. The molecule has 96 valence electrons. The van der Waals surface area contributed by atoms with Crippen molar-refractivity contribution in [1.29, 1.82) is 0 Å². The van der Waals surface area contributed by atoms with E-state index in [1.54, 1.807) is 6.20 Å². The van der Waals surface area contributed by atoms with Gasteiger partial charge in [0.1, 0.15) is 5.69 Å². The molecule has 0 N–H and O–H groups in total. The van der Waals surface area contributed by atoms with E-state index in [9.17, 15) is 4.79 Å². The van der Waals surface area contributed by atoms with E-state index < -0.39 is 0 Å². The Bertz CT molecular complexity index is 448. The second kappa shape index (κ2) is 5.04. The average Bonchev–Trinajstić information content (AvgIpc) is 2.37. The summed E-state index contributed by atoms with van der Waals surface area (Å²) in [7, 11) is 0. The largest absolute Gasteiger partial charge is 0.292 e. The quantitative estimate of drug-likeness (QED) is 0.761. The fourth-order valence-corrected chi connectivity index (χ4v) is 4.99. The third-order valence-corrected chi connectivity index (χ3v) is 5.70. The molecule has 3 heterocycles. The molecule has 2 saturated heterocycles. The van der Waals surface area contributed by atoms with Crippen molar-refractivity contribution in [2.24, 2.45) is 5.92 Å². The second-order valence-electron chi connectivity index (χ2n) is 5.56. The fourth-order valence-electron chi connectivity index (χ4n) is 3.15. The van der Waals surface area contributed by atoms with Gasteiger partial charge < -0.3 is 0 Å². The van der Waals surface area contributed by atoms with Crippen LogP contribution < -0.4 is 0 Å². The molecule has 0 radical (unpaired) electrons. The van der Waals surface area contributed by atoms with E-state index in [0.29, 0.717) is 5.69 Å². The summed E-state index contributed by atoms with van der Waals surface area (Å²) in [4.78, 5) is 16.8. The van der Waals surface area contributed by atoms with Gasteiger partial charge in [0.25, 0.3) is 0 Å². The van der Waals surface area contributed by atoms with Crippen molar-refractivity contribution in [1.82, 2.24) is 4.98 Å². The van der Waals surface area contributed by atoms with Crippen molar-refractivity contribution in [2.75, 3.05) is 0 Å². The molecule has 2 fully saturated rings. The van der Waals surface area contributed by atoms with Gasteiger partial charge in [-0.25, -0.2) is 0 Å². The molecule has 1 aromatic heterocycles. The highest BCUT2D eigenvalue weighted by Crippen LogP contribution is 2.44. The molecule has 1 aromatic rings. The van der Waals surface area contributed by atoms with Crippen LogP contribution in [0.1, 0.15) is 48.2 Å². The number of aryl methyl sites for hydroxylation is 1. The summed E-state index contributed by atoms with van der Waals surface area (Å²) in [6.45, 7) is 2.02. The van der Waals surface area contributed by atoms with E-state index in [4.69, 9.17) is 0 Å². The number of thioether (sulfide) groups is 1. The molecular formula is C15H19NOS. The summed E-state index contributed by atoms with van der Waals surface area (Å²) in [5, 5.41) is 1.44. The summed E-state index contributed by atoms with van der Waals surface area (Å²) in [6.07, 6.45) is 7.83. The molecule has 0 aromatic carbocycles. The number of aromatic nitrogens is 1. The van der Waals surface area contributed by atoms with Crippen molar-refractivity contribution >= 4 is 17.5 Å². The Hall–Kier alpha value is -0.830. The lowest BCUT2D eigenvalue weighted by molar-refractivity contribution is 0.0891. The SMILES string of the molecule is Cc1ccnc(C(=O)C2CC3CCCC(C2)S3)c1. The van der Waals surface area contributed by atoms with E-state index in [1.165, 1.54) is 19.3 Å². The fraction of sp³-hybridized carbons (Fsp3) is 0.600. The highest BCUT2D eigenvalue weighted by atomic mass is 32.2. The first-order chi connectivity index (χ1) is 8.72. The van der Waals surface area contributed by atoms with Gasteiger partial charge in [-0.05, 0) is 50.3 Å². The van der Waals surface area contributed by atoms with Crippen LogP contribution in [0.5, 0.6) is 0 Å². The first-order valence-electron chi connectivity index (χ1n) is 6.84. The van der Waals surface area contributed by atoms with E-state index in [2.05, 4.69) is 16.7 Å². The molecule has 2 unspecified atom stereocenters. The summed E-state index contributed by atoms with van der Waals surface area (Å²) in [5.74, 6) is 0.492. The Kier molecular flexibility index (Phi) is 3.42. The molecule has 18 heavy (non-hydrogen) atoms. The number of carbonyl (C=O) groups excluding carboxylic acids is 1. The number of fused-ring (bicyclic) bond motifs is 2. The van der Waals surface area contributed by atoms with Gasteiger partial charge >= 0.3 is 0 Å². The van der Waals surface area contributed by atoms with Crippen molar-refractivity contribution in [3.8, 4) is 0 Å². The Labute approximate surface area is 113 Å². The van der Waals surface area contributed by atoms with Crippen LogP contribution >= 0.6 is 11.8 Å². The minimum absolute atomic E-state index is 0.218. The number of Topliss-reactive ketones (excluding diaryl/α,β-unsaturated/α-hetero) is 1. The topological polar surface area (TPSA) is 30.0 Å². The van der Waals surface area contributed by atoms with Crippen LogP contribution in [-0.4, -0.2) is 21.3 Å². The van der Waals surface area contributed by atoms with Crippen molar-refractivity contribution < 1.29 is 4.79 Å². The zero-order valence-electron chi connectivity index (χ0n) is 10.8. The van der Waals surface area contributed by atoms with Crippen molar-refractivity contribution in [3.63, 3.8) is 0 Å². The average molecular weight is 261 g/mol. The number of hydrogen-bond acceptors (Lipinski definition) is 3. The molecule has 0 saturated carbocycles. The van der Waals surface area contributed by atoms with Crippen LogP contribution in [0.3, 0.4) is 0 Å². The van der Waals surface area contributed by atoms with Crippen LogP contribution in [-0.2, 0) is 0 Å². The lowest BCUT2D eigenvalue weighted by atomic mass is 9.85. The van der Waals surface area contributed by atoms with Crippen LogP contribution in [0.15, 0.2) is 18.3 Å². The molecule has 2 atom stereocenters. The Morgan fingerprint density at radius 3 is 2.72 bits per heavy atom. The molecule has 0 aliphatic carbocycles. The predicted octanol–water partition coefficient (Wildman–Crippen LogP) is 3.64. The minimum Gasteiger partial charge on any atom is -0.292 e. The van der Waals surface area contributed by atoms with E-state index in [-0.39, 0.29) is 11.7 Å². The van der Waals surface area contributed by atoms with Gasteiger partial charge in [0, 0.05) is 22.6 Å². The van der Waals surface area contributed by atoms with E-state index >= 15 is 0 Å². The molecule has 0 spiro atoms. The Morgan fingerprint density at radius 2 is 2.06 bits per heavy atom. The molecule has 3 rings (SSSR count). The van der Waals surface area contributed by atoms with Gasteiger partial charge in [-0.1, -0.05) is 6.42 Å². The second-order valence-corrected chi connectivity index (χ2v) is 7.17. The highest BCUT2D eigenvalue weighted by Gasteiger charge is 2.36. The molecule has 2 bridgehead atoms. The van der Waals surface area contributed by atoms with Gasteiger partial charge in [-0.2, -0.15) is 11.8 Å². The molecular weight excluding hydrogens is 242 g/mol. The van der Waals surface area contributed by atoms with E-state index in [1.807, 2.05) is 19.1 Å². The lowest BCUT2D eigenvalue weighted by Gasteiger charge is -2.37. The Morgan fingerprint density at radius 1 is 1.33 bits per heavy atom. The normalized spacial score (nSPS) is 31.1. The van der Waals surface area contributed by atoms with Crippen LogP contribution in [0.25, 0.3) is 0 Å². The van der Waals surface area contributed by atoms with Crippen molar-refractivity contribution in [3.05, 3.63) is 29.6 Å². The maximum Gasteiger partial charge on any atom is 0.184 e. The molecule has 0 amide bonds. The zero-order chi connectivity index (χ0) is 12.5. The molecule has 2 nitrogen and oxygen atoms in total. The first kappa shape index (κ1) is 12.2. The third-order valence-electron chi connectivity index (χ3n) is 4.07. The standard InChI is InChI=1S/C15H19NOS/c1-10-5-6-16-14(7-10)15(17)11-8-12-3-2-4-13(9-11)18-12/h5-7,11-13H,2-4,8-9H2,1H3. The number of rotatable bonds is 2. The minimum atomic E-state index is 0.218. The van der Waals surface area contributed by atoms with Gasteiger partial charge in [-0.15, -0.1) is 0 Å². The monoisotopic (exact) mass is 261 g/mol. The van der Waals surface area contributed by atoms with Gasteiger partial charge in [0.05, 0.1) is 0 Å². The summed E-state index contributed by atoms with van der Waals surface area (Å²) >= 11 is 2.12. The third kappa shape index (κ3) is 2.46. The smallest absolute Gasteiger partial charge is 0.184 e. The number of carbonyl (C=O) groups is 1. The maximum absolute atomic E-state index is 12.5. The van der Waals surface area contributed by atoms with Crippen molar-refractivity contribution in [2.45, 2.75) is 49.5 Å². The Balaban J connectivity index is 1.76. The molecule has 3 heteroatoms. The van der Waals surface area contributed by atoms with E-state index in [0.717, 1.165) is 28.9 Å². The van der Waals surface area contributed by atoms with Crippen LogP contribution in [0, 0.1) is 12.8 Å². The highest BCUT2D eigenvalue weighted by molar-refractivity contribution is 8.00. The van der Waals surface area contributed by atoms with Crippen LogP contribution in [0.2, 0.25) is 0 Å². The number of pyridine rings is 1. The van der Waals surface area contributed by atoms with Gasteiger partial charge in [-0.3, -0.25) is 9.78 Å². The zero-order valence-corrected chi connectivity index (χ0v) is 11.6. The summed E-state index contributed by atoms with van der Waals surface area (Å²) < 4.78 is 0. The summed E-state index contributed by atoms with van der Waals surface area (Å²) in [5.41, 5.74) is 1.80. The first-order valence-corrected chi connectivity index (χ1v) is 7.79. The molecule has 2 aliphatic rings. The van der Waals surface area contributed by atoms with Crippen LogP contribution in [0.4, 0.5) is 0 Å². The lowest BCUT2D eigenvalue weighted by Crippen LogP contribution is -2.33. The van der Waals surface area contributed by atoms with Gasteiger partial charge in [0.2, 0.25) is 0 Å². The maximum atomic E-state index is 12.5.